The molecule has 2 nitrogen and oxygen atoms in total. The number of hydrogen-bond donors (Lipinski definition) is 0. The molecule has 1 heterocycles. The maximum Gasteiger partial charge on any atom is 0.0402 e. The quantitative estimate of drug-likeness (QED) is 0.720. The Morgan fingerprint density at radius 1 is 1.13 bits per heavy atom. The highest BCUT2D eigenvalue weighted by molar-refractivity contribution is 5.55. The van der Waals surface area contributed by atoms with E-state index in [4.69, 9.17) is 0 Å². The summed E-state index contributed by atoms with van der Waals surface area (Å²) in [6.45, 7) is 10.7. The molecule has 2 aliphatic rings. The van der Waals surface area contributed by atoms with Crippen molar-refractivity contribution < 1.29 is 0 Å². The standard InChI is InChI=1S/C21H33N2/c1-3-22(4-2)15-12-18-13-16-23(17-14-18)21-11-6-5-10-20(21)19-8-7-9-19/h6,10-11,18-19H,3-4,7-9,12-17H2,1-2H3. The van der Waals surface area contributed by atoms with E-state index in [1.165, 1.54) is 76.9 Å². The van der Waals surface area contributed by atoms with Gasteiger partial charge in [0.2, 0.25) is 0 Å². The van der Waals surface area contributed by atoms with E-state index in [2.05, 4.69) is 47.9 Å². The maximum absolute atomic E-state index is 3.31. The number of hydrogen-bond acceptors (Lipinski definition) is 2. The molecule has 2 heteroatoms. The van der Waals surface area contributed by atoms with Gasteiger partial charge in [0.15, 0.2) is 0 Å². The van der Waals surface area contributed by atoms with Crippen LogP contribution in [0, 0.1) is 12.0 Å². The first-order valence-corrected chi connectivity index (χ1v) is 9.79. The topological polar surface area (TPSA) is 6.48 Å². The summed E-state index contributed by atoms with van der Waals surface area (Å²) in [7, 11) is 0. The molecule has 23 heavy (non-hydrogen) atoms. The minimum Gasteiger partial charge on any atom is -0.371 e. The number of anilines is 1. The van der Waals surface area contributed by atoms with E-state index in [1.807, 2.05) is 0 Å². The Morgan fingerprint density at radius 2 is 1.87 bits per heavy atom. The van der Waals surface area contributed by atoms with Crippen LogP contribution >= 0.6 is 0 Å². The number of benzene rings is 1. The lowest BCUT2D eigenvalue weighted by molar-refractivity contribution is 0.259. The highest BCUT2D eigenvalue weighted by Gasteiger charge is 2.26. The van der Waals surface area contributed by atoms with Crippen molar-refractivity contribution in [3.05, 3.63) is 29.8 Å². The Labute approximate surface area is 142 Å². The second kappa shape index (κ2) is 8.19. The summed E-state index contributed by atoms with van der Waals surface area (Å²) < 4.78 is 0. The van der Waals surface area contributed by atoms with Gasteiger partial charge < -0.3 is 9.80 Å². The average molecular weight is 314 g/mol. The van der Waals surface area contributed by atoms with E-state index < -0.39 is 0 Å². The van der Waals surface area contributed by atoms with Crippen molar-refractivity contribution in [2.45, 2.75) is 58.3 Å². The molecule has 1 saturated heterocycles. The van der Waals surface area contributed by atoms with Gasteiger partial charge in [-0.2, -0.15) is 0 Å². The van der Waals surface area contributed by atoms with Crippen LogP contribution in [0.1, 0.15) is 63.9 Å². The molecule has 0 N–H and O–H groups in total. The third kappa shape index (κ3) is 4.09. The Kier molecular flexibility index (Phi) is 5.99. The van der Waals surface area contributed by atoms with Crippen LogP contribution in [-0.4, -0.2) is 37.6 Å². The highest BCUT2D eigenvalue weighted by atomic mass is 15.1. The van der Waals surface area contributed by atoms with Crippen molar-refractivity contribution in [1.29, 1.82) is 0 Å². The number of rotatable bonds is 7. The van der Waals surface area contributed by atoms with Crippen LogP contribution in [-0.2, 0) is 0 Å². The van der Waals surface area contributed by atoms with Gasteiger partial charge in [-0.25, -0.2) is 0 Å². The van der Waals surface area contributed by atoms with E-state index in [-0.39, 0.29) is 0 Å². The lowest BCUT2D eigenvalue weighted by Gasteiger charge is -2.37. The zero-order valence-electron chi connectivity index (χ0n) is 15.1. The molecule has 1 aromatic rings. The summed E-state index contributed by atoms with van der Waals surface area (Å²) in [6, 6.07) is 9.98. The van der Waals surface area contributed by atoms with Crippen molar-refractivity contribution in [3.8, 4) is 0 Å². The first-order valence-electron chi connectivity index (χ1n) is 9.79. The molecule has 2 fully saturated rings. The predicted molar refractivity (Wildman–Crippen MR) is 99.2 cm³/mol. The third-order valence-electron chi connectivity index (χ3n) is 6.12. The van der Waals surface area contributed by atoms with Crippen LogP contribution in [0.4, 0.5) is 5.69 Å². The van der Waals surface area contributed by atoms with Gasteiger partial charge in [0.1, 0.15) is 0 Å². The summed E-state index contributed by atoms with van der Waals surface area (Å²) in [6.07, 6.45) is 8.28. The fourth-order valence-corrected chi connectivity index (χ4v) is 4.14. The molecule has 0 atom stereocenters. The van der Waals surface area contributed by atoms with Crippen molar-refractivity contribution in [2.24, 2.45) is 5.92 Å². The fourth-order valence-electron chi connectivity index (χ4n) is 4.14. The lowest BCUT2D eigenvalue weighted by atomic mass is 9.79. The van der Waals surface area contributed by atoms with Gasteiger partial charge in [-0.1, -0.05) is 26.3 Å². The largest absolute Gasteiger partial charge is 0.371 e. The molecule has 1 aliphatic heterocycles. The molecule has 1 aliphatic carbocycles. The molecule has 1 saturated carbocycles. The second-order valence-electron chi connectivity index (χ2n) is 7.36. The van der Waals surface area contributed by atoms with Crippen LogP contribution < -0.4 is 4.90 Å². The molecular formula is C21H33N2. The van der Waals surface area contributed by atoms with Gasteiger partial charge in [0.05, 0.1) is 0 Å². The average Bonchev–Trinajstić information content (AvgIpc) is 2.55. The molecule has 127 valence electrons. The zero-order chi connectivity index (χ0) is 16.1. The Balaban J connectivity index is 1.53. The normalized spacial score (nSPS) is 20.0. The van der Waals surface area contributed by atoms with Gasteiger partial charge in [0.25, 0.3) is 0 Å². The zero-order valence-corrected chi connectivity index (χ0v) is 15.1. The number of piperidine rings is 1. The molecule has 0 amide bonds. The fraction of sp³-hybridized carbons (Fsp3) is 0.714. The maximum atomic E-state index is 3.31. The van der Waals surface area contributed by atoms with Crippen LogP contribution in [0.15, 0.2) is 18.2 Å². The van der Waals surface area contributed by atoms with Crippen molar-refractivity contribution >= 4 is 5.69 Å². The van der Waals surface area contributed by atoms with Crippen LogP contribution in [0.2, 0.25) is 0 Å². The number of nitrogens with zero attached hydrogens (tertiary/aromatic N) is 2. The van der Waals surface area contributed by atoms with Crippen molar-refractivity contribution in [3.63, 3.8) is 0 Å². The monoisotopic (exact) mass is 313 g/mol. The lowest BCUT2D eigenvalue weighted by Crippen LogP contribution is -2.36. The molecule has 0 spiro atoms. The van der Waals surface area contributed by atoms with Gasteiger partial charge in [-0.05, 0) is 87.3 Å². The molecule has 0 unspecified atom stereocenters. The van der Waals surface area contributed by atoms with Gasteiger partial charge in [-0.15, -0.1) is 0 Å². The third-order valence-corrected chi connectivity index (χ3v) is 6.12. The summed E-state index contributed by atoms with van der Waals surface area (Å²) in [5.41, 5.74) is 3.08. The minimum atomic E-state index is 0.808. The van der Waals surface area contributed by atoms with E-state index in [0.29, 0.717) is 0 Å². The SMILES string of the molecule is CCN(CC)CCC1CCN(c2cc[c]cc2C2CCC2)CC1. The van der Waals surface area contributed by atoms with E-state index in [9.17, 15) is 0 Å². The molecule has 3 rings (SSSR count). The van der Waals surface area contributed by atoms with Crippen LogP contribution in [0.25, 0.3) is 0 Å². The first kappa shape index (κ1) is 16.8. The molecule has 1 aromatic carbocycles. The summed E-state index contributed by atoms with van der Waals surface area (Å²) >= 11 is 0. The summed E-state index contributed by atoms with van der Waals surface area (Å²) in [5, 5.41) is 0. The predicted octanol–water partition coefficient (Wildman–Crippen LogP) is 4.70. The summed E-state index contributed by atoms with van der Waals surface area (Å²) in [5.74, 6) is 1.73. The van der Waals surface area contributed by atoms with Crippen LogP contribution in [0.5, 0.6) is 0 Å². The first-order chi connectivity index (χ1) is 11.3. The van der Waals surface area contributed by atoms with Crippen LogP contribution in [0.3, 0.4) is 0 Å². The second-order valence-corrected chi connectivity index (χ2v) is 7.36. The van der Waals surface area contributed by atoms with Gasteiger partial charge >= 0.3 is 0 Å². The molecule has 0 bridgehead atoms. The molecule has 1 radical (unpaired) electrons. The van der Waals surface area contributed by atoms with E-state index in [1.54, 1.807) is 5.56 Å². The van der Waals surface area contributed by atoms with E-state index in [0.717, 1.165) is 11.8 Å². The minimum absolute atomic E-state index is 0.808. The molecular weight excluding hydrogens is 280 g/mol. The Hall–Kier alpha value is -1.02. The van der Waals surface area contributed by atoms with Gasteiger partial charge in [-0.3, -0.25) is 0 Å². The highest BCUT2D eigenvalue weighted by Crippen LogP contribution is 2.41. The van der Waals surface area contributed by atoms with E-state index >= 15 is 0 Å². The van der Waals surface area contributed by atoms with Crippen molar-refractivity contribution in [2.75, 3.05) is 37.6 Å². The Bertz CT molecular complexity index is 468. The Morgan fingerprint density at radius 3 is 2.48 bits per heavy atom. The molecule has 0 aromatic heterocycles. The van der Waals surface area contributed by atoms with Crippen molar-refractivity contribution in [1.82, 2.24) is 4.90 Å². The van der Waals surface area contributed by atoms with Gasteiger partial charge in [0, 0.05) is 18.8 Å². The summed E-state index contributed by atoms with van der Waals surface area (Å²) in [4.78, 5) is 5.21. The smallest absolute Gasteiger partial charge is 0.0402 e.